The second kappa shape index (κ2) is 8.38. The lowest BCUT2D eigenvalue weighted by atomic mass is 9.81. The van der Waals surface area contributed by atoms with Crippen molar-refractivity contribution in [3.8, 4) is 0 Å². The molecule has 114 valence electrons. The van der Waals surface area contributed by atoms with Gasteiger partial charge in [-0.15, -0.1) is 0 Å². The van der Waals surface area contributed by atoms with Crippen molar-refractivity contribution in [1.82, 2.24) is 15.6 Å². The van der Waals surface area contributed by atoms with Crippen molar-refractivity contribution in [3.05, 3.63) is 30.6 Å². The summed E-state index contributed by atoms with van der Waals surface area (Å²) in [6.45, 7) is 11.4. The third kappa shape index (κ3) is 4.57. The van der Waals surface area contributed by atoms with Crippen molar-refractivity contribution in [2.24, 2.45) is 0 Å². The summed E-state index contributed by atoms with van der Waals surface area (Å²) in [5.74, 6) is 0. The van der Waals surface area contributed by atoms with Crippen LogP contribution < -0.4 is 10.6 Å². The number of aromatic nitrogens is 1. The van der Waals surface area contributed by atoms with Gasteiger partial charge in [0.2, 0.25) is 0 Å². The molecule has 1 fully saturated rings. The Morgan fingerprint density at radius 2 is 1.25 bits per heavy atom. The number of piperazine rings is 1. The summed E-state index contributed by atoms with van der Waals surface area (Å²) < 4.78 is 0. The molecule has 0 bridgehead atoms. The monoisotopic (exact) mass is 277 g/mol. The zero-order valence-corrected chi connectivity index (χ0v) is 13.6. The maximum absolute atomic E-state index is 3.92. The second-order valence-electron chi connectivity index (χ2n) is 5.73. The summed E-state index contributed by atoms with van der Waals surface area (Å²) in [6.07, 6.45) is 8.38. The van der Waals surface area contributed by atoms with E-state index in [1.165, 1.54) is 25.7 Å². The summed E-state index contributed by atoms with van der Waals surface area (Å²) in [6, 6.07) is 5.72. The van der Waals surface area contributed by atoms with Gasteiger partial charge >= 0.3 is 0 Å². The van der Waals surface area contributed by atoms with Gasteiger partial charge in [-0.1, -0.05) is 33.8 Å². The van der Waals surface area contributed by atoms with Gasteiger partial charge in [-0.05, 0) is 37.8 Å². The van der Waals surface area contributed by atoms with E-state index in [9.17, 15) is 0 Å². The molecule has 1 saturated heterocycles. The van der Waals surface area contributed by atoms with Crippen LogP contribution in [0.1, 0.15) is 53.4 Å². The first-order valence-electron chi connectivity index (χ1n) is 8.01. The SMILES string of the molecule is CCC1(CC)CNCC(CC)(CC)N1.c1ccncc1. The molecule has 0 radical (unpaired) electrons. The van der Waals surface area contributed by atoms with E-state index in [2.05, 4.69) is 43.3 Å². The smallest absolute Gasteiger partial charge is 0.0306 e. The molecule has 1 aromatic rings. The second-order valence-corrected chi connectivity index (χ2v) is 5.73. The van der Waals surface area contributed by atoms with Gasteiger partial charge in [0.1, 0.15) is 0 Å². The predicted molar refractivity (Wildman–Crippen MR) is 86.9 cm³/mol. The number of nitrogens with zero attached hydrogens (tertiary/aromatic N) is 1. The Balaban J connectivity index is 0.000000276. The third-order valence-corrected chi connectivity index (χ3v) is 4.73. The highest BCUT2D eigenvalue weighted by atomic mass is 15.2. The topological polar surface area (TPSA) is 37.0 Å². The van der Waals surface area contributed by atoms with Crippen LogP contribution in [0.5, 0.6) is 0 Å². The van der Waals surface area contributed by atoms with Gasteiger partial charge in [-0.25, -0.2) is 0 Å². The van der Waals surface area contributed by atoms with E-state index in [1.54, 1.807) is 12.4 Å². The fourth-order valence-corrected chi connectivity index (χ4v) is 2.86. The summed E-state index contributed by atoms with van der Waals surface area (Å²) in [5, 5.41) is 7.52. The van der Waals surface area contributed by atoms with E-state index in [1.807, 2.05) is 18.2 Å². The van der Waals surface area contributed by atoms with Crippen LogP contribution in [0.25, 0.3) is 0 Å². The molecule has 0 amide bonds. The summed E-state index contributed by atoms with van der Waals surface area (Å²) in [7, 11) is 0. The van der Waals surface area contributed by atoms with E-state index < -0.39 is 0 Å². The number of nitrogens with one attached hydrogen (secondary N) is 2. The first-order valence-corrected chi connectivity index (χ1v) is 8.01. The molecule has 0 saturated carbocycles. The molecule has 0 aliphatic carbocycles. The molecule has 0 unspecified atom stereocenters. The number of pyridine rings is 1. The Bertz CT molecular complexity index is 298. The molecule has 0 atom stereocenters. The average Bonchev–Trinajstić information content (AvgIpc) is 2.57. The fraction of sp³-hybridized carbons (Fsp3) is 0.706. The van der Waals surface area contributed by atoms with Crippen molar-refractivity contribution < 1.29 is 0 Å². The van der Waals surface area contributed by atoms with Gasteiger partial charge < -0.3 is 10.6 Å². The fourth-order valence-electron chi connectivity index (χ4n) is 2.86. The minimum atomic E-state index is 0.338. The van der Waals surface area contributed by atoms with Gasteiger partial charge in [0.25, 0.3) is 0 Å². The Morgan fingerprint density at radius 3 is 1.50 bits per heavy atom. The van der Waals surface area contributed by atoms with Gasteiger partial charge in [-0.3, -0.25) is 4.98 Å². The highest BCUT2D eigenvalue weighted by Crippen LogP contribution is 2.26. The van der Waals surface area contributed by atoms with Crippen LogP contribution in [0.3, 0.4) is 0 Å². The molecule has 2 N–H and O–H groups in total. The van der Waals surface area contributed by atoms with Crippen molar-refractivity contribution in [1.29, 1.82) is 0 Å². The lowest BCUT2D eigenvalue weighted by molar-refractivity contribution is 0.127. The molecule has 0 aromatic carbocycles. The maximum Gasteiger partial charge on any atom is 0.0306 e. The lowest BCUT2D eigenvalue weighted by Gasteiger charge is -2.49. The van der Waals surface area contributed by atoms with Crippen LogP contribution in [0.4, 0.5) is 0 Å². The molecular weight excluding hydrogens is 246 g/mol. The van der Waals surface area contributed by atoms with E-state index >= 15 is 0 Å². The summed E-state index contributed by atoms with van der Waals surface area (Å²) in [4.78, 5) is 3.78. The average molecular weight is 277 g/mol. The van der Waals surface area contributed by atoms with Crippen molar-refractivity contribution >= 4 is 0 Å². The Morgan fingerprint density at radius 1 is 0.800 bits per heavy atom. The molecule has 3 heteroatoms. The zero-order chi connectivity index (χ0) is 14.9. The van der Waals surface area contributed by atoms with Crippen molar-refractivity contribution in [2.45, 2.75) is 64.5 Å². The molecular formula is C17H31N3. The quantitative estimate of drug-likeness (QED) is 0.886. The van der Waals surface area contributed by atoms with E-state index in [-0.39, 0.29) is 0 Å². The highest BCUT2D eigenvalue weighted by Gasteiger charge is 2.39. The van der Waals surface area contributed by atoms with Crippen LogP contribution in [-0.2, 0) is 0 Å². The first kappa shape index (κ1) is 17.1. The Labute approximate surface area is 124 Å². The Hall–Kier alpha value is -0.930. The third-order valence-electron chi connectivity index (χ3n) is 4.73. The van der Waals surface area contributed by atoms with E-state index in [4.69, 9.17) is 0 Å². The summed E-state index contributed by atoms with van der Waals surface area (Å²) in [5.41, 5.74) is 0.675. The van der Waals surface area contributed by atoms with Gasteiger partial charge in [0.15, 0.2) is 0 Å². The van der Waals surface area contributed by atoms with Crippen LogP contribution >= 0.6 is 0 Å². The molecule has 1 aliphatic heterocycles. The largest absolute Gasteiger partial charge is 0.313 e. The minimum absolute atomic E-state index is 0.338. The lowest BCUT2D eigenvalue weighted by Crippen LogP contribution is -2.69. The van der Waals surface area contributed by atoms with Crippen LogP contribution in [0.2, 0.25) is 0 Å². The van der Waals surface area contributed by atoms with Crippen LogP contribution in [0.15, 0.2) is 30.6 Å². The van der Waals surface area contributed by atoms with E-state index in [0.29, 0.717) is 11.1 Å². The van der Waals surface area contributed by atoms with Crippen molar-refractivity contribution in [2.75, 3.05) is 13.1 Å². The molecule has 3 nitrogen and oxygen atoms in total. The standard InChI is InChI=1S/C12H26N2.C5H5N/c1-5-11(6-2)9-13-10-12(7-3,8-4)14-11;1-2-4-6-5-3-1/h13-14H,5-10H2,1-4H3;1-5H. The number of hydrogen-bond donors (Lipinski definition) is 2. The molecule has 2 rings (SSSR count). The number of rotatable bonds is 4. The molecule has 1 aromatic heterocycles. The normalized spacial score (nSPS) is 19.8. The van der Waals surface area contributed by atoms with Crippen LogP contribution in [-0.4, -0.2) is 29.2 Å². The molecule has 1 aliphatic rings. The highest BCUT2D eigenvalue weighted by molar-refractivity contribution is 5.03. The molecule has 2 heterocycles. The molecule has 0 spiro atoms. The van der Waals surface area contributed by atoms with Gasteiger partial charge in [-0.2, -0.15) is 0 Å². The first-order chi connectivity index (χ1) is 9.66. The minimum Gasteiger partial charge on any atom is -0.313 e. The van der Waals surface area contributed by atoms with E-state index in [0.717, 1.165) is 13.1 Å². The van der Waals surface area contributed by atoms with Crippen molar-refractivity contribution in [3.63, 3.8) is 0 Å². The molecule has 20 heavy (non-hydrogen) atoms. The van der Waals surface area contributed by atoms with Gasteiger partial charge in [0.05, 0.1) is 0 Å². The Kier molecular flexibility index (Phi) is 7.17. The summed E-state index contributed by atoms with van der Waals surface area (Å²) >= 11 is 0. The van der Waals surface area contributed by atoms with Crippen LogP contribution in [0, 0.1) is 0 Å². The van der Waals surface area contributed by atoms with Gasteiger partial charge in [0, 0.05) is 36.6 Å². The predicted octanol–water partition coefficient (Wildman–Crippen LogP) is 3.38. The number of hydrogen-bond acceptors (Lipinski definition) is 3. The maximum atomic E-state index is 3.92. The zero-order valence-electron chi connectivity index (χ0n) is 13.6.